The summed E-state index contributed by atoms with van der Waals surface area (Å²) < 4.78 is 43.8. The van der Waals surface area contributed by atoms with Gasteiger partial charge in [-0.15, -0.1) is 0 Å². The normalized spacial score (nSPS) is 20.7. The molecule has 0 saturated carbocycles. The van der Waals surface area contributed by atoms with Crippen molar-refractivity contribution in [2.45, 2.75) is 51.3 Å². The third-order valence-electron chi connectivity index (χ3n) is 5.67. The van der Waals surface area contributed by atoms with Crippen LogP contribution in [0.2, 0.25) is 0 Å². The minimum Gasteiger partial charge on any atom is -0.724 e. The number of hydrogen-bond donors (Lipinski definition) is 1. The number of urea groups is 1. The van der Waals surface area contributed by atoms with Gasteiger partial charge in [-0.3, -0.25) is 4.79 Å². The summed E-state index contributed by atoms with van der Waals surface area (Å²) in [5, 5.41) is 7.72. The van der Waals surface area contributed by atoms with Gasteiger partial charge in [-0.05, 0) is 45.8 Å². The minimum absolute atomic E-state index is 0. The summed E-state index contributed by atoms with van der Waals surface area (Å²) in [5.41, 5.74) is 0.112. The zero-order valence-electron chi connectivity index (χ0n) is 20.5. The molecule has 1 aromatic rings. The molecule has 1 unspecified atom stereocenters. The summed E-state index contributed by atoms with van der Waals surface area (Å²) >= 11 is 0. The van der Waals surface area contributed by atoms with Crippen molar-refractivity contribution < 1.29 is 65.9 Å². The standard InChI is InChI=1S/C20H28N6O8S.Na/c1-20(2,3)33-19(29)23-7-4-13(5-8-23)21-17(27)16-6-9-25(22-16)14-10-15-12-24(11-14)18(28)26(15)34-35(30,31)32;/h6,9-10,13,15H,4-5,7-8,11-12H2,1-3H3,(H,21,27)(H,30,31,32);/q;+1/p-1. The second-order valence-electron chi connectivity index (χ2n) is 9.56. The quantitative estimate of drug-likeness (QED) is 0.241. The summed E-state index contributed by atoms with van der Waals surface area (Å²) in [4.78, 5) is 40.1. The number of likely N-dealkylation sites (tertiary alicyclic amines) is 1. The van der Waals surface area contributed by atoms with Crippen molar-refractivity contribution >= 4 is 34.1 Å². The largest absolute Gasteiger partial charge is 1.00 e. The molecule has 16 heteroatoms. The molecule has 4 rings (SSSR count). The molecular weight excluding hydrogens is 507 g/mol. The maximum atomic E-state index is 12.7. The van der Waals surface area contributed by atoms with Crippen molar-refractivity contribution in [3.8, 4) is 0 Å². The zero-order chi connectivity index (χ0) is 25.5. The fourth-order valence-electron chi connectivity index (χ4n) is 4.11. The second-order valence-corrected chi connectivity index (χ2v) is 10.5. The number of hydroxylamine groups is 2. The van der Waals surface area contributed by atoms with Gasteiger partial charge in [0.1, 0.15) is 11.6 Å². The van der Waals surface area contributed by atoms with E-state index in [4.69, 9.17) is 4.74 Å². The molecule has 3 aliphatic heterocycles. The van der Waals surface area contributed by atoms with Crippen LogP contribution in [0.1, 0.15) is 44.1 Å². The molecule has 14 nitrogen and oxygen atoms in total. The maximum Gasteiger partial charge on any atom is 1.00 e. The van der Waals surface area contributed by atoms with Crippen LogP contribution in [0.5, 0.6) is 0 Å². The smallest absolute Gasteiger partial charge is 0.724 e. The molecule has 4 amide bonds. The number of nitrogens with one attached hydrogen (secondary N) is 1. The van der Waals surface area contributed by atoms with Crippen molar-refractivity contribution in [2.24, 2.45) is 0 Å². The molecule has 4 heterocycles. The molecule has 2 saturated heterocycles. The molecular formula is C20H27N6NaO8S. The van der Waals surface area contributed by atoms with Crippen LogP contribution < -0.4 is 34.9 Å². The molecule has 2 fully saturated rings. The molecule has 0 radical (unpaired) electrons. The van der Waals surface area contributed by atoms with Gasteiger partial charge in [0.2, 0.25) is 10.4 Å². The van der Waals surface area contributed by atoms with E-state index in [1.54, 1.807) is 37.9 Å². The van der Waals surface area contributed by atoms with E-state index >= 15 is 0 Å². The Hall–Kier alpha value is -2.17. The van der Waals surface area contributed by atoms with E-state index in [9.17, 15) is 27.4 Å². The third kappa shape index (κ3) is 6.77. The Balaban J connectivity index is 0.00000361. The summed E-state index contributed by atoms with van der Waals surface area (Å²) in [6.45, 7) is 6.60. The third-order valence-corrected chi connectivity index (χ3v) is 6.02. The molecule has 192 valence electrons. The Labute approximate surface area is 230 Å². The first kappa shape index (κ1) is 28.4. The van der Waals surface area contributed by atoms with Crippen molar-refractivity contribution in [1.29, 1.82) is 0 Å². The first-order valence-corrected chi connectivity index (χ1v) is 12.4. The van der Waals surface area contributed by atoms with Gasteiger partial charge in [-0.25, -0.2) is 22.7 Å². The fraction of sp³-hybridized carbons (Fsp3) is 0.600. The van der Waals surface area contributed by atoms with E-state index in [1.807, 2.05) is 0 Å². The molecule has 3 aliphatic rings. The molecule has 0 spiro atoms. The zero-order valence-corrected chi connectivity index (χ0v) is 23.4. The van der Waals surface area contributed by atoms with E-state index in [0.29, 0.717) is 36.7 Å². The average molecular weight is 535 g/mol. The Kier molecular flexibility index (Phi) is 8.42. The van der Waals surface area contributed by atoms with Crippen LogP contribution in [0.3, 0.4) is 0 Å². The number of aromatic nitrogens is 2. The molecule has 0 aromatic carbocycles. The Morgan fingerprint density at radius 3 is 2.50 bits per heavy atom. The number of carbonyl (C=O) groups excluding carboxylic acids is 3. The van der Waals surface area contributed by atoms with Gasteiger partial charge in [0.25, 0.3) is 5.91 Å². The molecule has 1 aromatic heterocycles. The van der Waals surface area contributed by atoms with Crippen LogP contribution in [0.25, 0.3) is 5.70 Å². The van der Waals surface area contributed by atoms with E-state index < -0.39 is 28.1 Å². The predicted octanol–water partition coefficient (Wildman–Crippen LogP) is -2.63. The molecule has 1 atom stereocenters. The fourth-order valence-corrected chi connectivity index (χ4v) is 4.48. The van der Waals surface area contributed by atoms with Gasteiger partial charge in [0, 0.05) is 31.9 Å². The maximum absolute atomic E-state index is 12.7. The van der Waals surface area contributed by atoms with E-state index in [2.05, 4.69) is 14.7 Å². The van der Waals surface area contributed by atoms with Crippen LogP contribution in [-0.4, -0.2) is 99.5 Å². The van der Waals surface area contributed by atoms with Crippen LogP contribution in [0.15, 0.2) is 18.3 Å². The van der Waals surface area contributed by atoms with Crippen LogP contribution >= 0.6 is 0 Å². The number of ether oxygens (including phenoxy) is 1. The van der Waals surface area contributed by atoms with Gasteiger partial charge in [0.15, 0.2) is 5.69 Å². The number of carbonyl (C=O) groups is 3. The Morgan fingerprint density at radius 1 is 1.22 bits per heavy atom. The van der Waals surface area contributed by atoms with Gasteiger partial charge in [0.05, 0.1) is 12.2 Å². The number of amides is 4. The van der Waals surface area contributed by atoms with Crippen LogP contribution in [-0.2, 0) is 19.4 Å². The first-order chi connectivity index (χ1) is 16.3. The number of fused-ring (bicyclic) bond motifs is 2. The van der Waals surface area contributed by atoms with Crippen molar-refractivity contribution in [1.82, 2.24) is 30.0 Å². The minimum atomic E-state index is -5.10. The Bertz CT molecular complexity index is 1160. The van der Waals surface area contributed by atoms with Crippen molar-refractivity contribution in [3.63, 3.8) is 0 Å². The molecule has 2 bridgehead atoms. The summed E-state index contributed by atoms with van der Waals surface area (Å²) in [5.74, 6) is -0.377. The van der Waals surface area contributed by atoms with Gasteiger partial charge >= 0.3 is 41.7 Å². The number of nitrogens with zero attached hydrogens (tertiary/aromatic N) is 5. The number of hydrogen-bond acceptors (Lipinski definition) is 9. The van der Waals surface area contributed by atoms with Crippen LogP contribution in [0, 0.1) is 0 Å². The first-order valence-electron chi connectivity index (χ1n) is 11.1. The molecule has 0 aliphatic carbocycles. The Morgan fingerprint density at radius 2 is 1.89 bits per heavy atom. The van der Waals surface area contributed by atoms with E-state index in [0.717, 1.165) is 0 Å². The molecule has 36 heavy (non-hydrogen) atoms. The topological polar surface area (TPSA) is 166 Å². The van der Waals surface area contributed by atoms with Crippen LogP contribution in [0.4, 0.5) is 9.59 Å². The number of piperidine rings is 1. The van der Waals surface area contributed by atoms with Gasteiger partial charge < -0.3 is 24.4 Å². The predicted molar refractivity (Wildman–Crippen MR) is 118 cm³/mol. The second kappa shape index (κ2) is 10.7. The number of rotatable bonds is 5. The van der Waals surface area contributed by atoms with Gasteiger partial charge in [-0.1, -0.05) is 0 Å². The van der Waals surface area contributed by atoms with Gasteiger partial charge in [-0.2, -0.15) is 14.4 Å². The monoisotopic (exact) mass is 534 g/mol. The van der Waals surface area contributed by atoms with Crippen molar-refractivity contribution in [3.05, 3.63) is 24.0 Å². The van der Waals surface area contributed by atoms with E-state index in [-0.39, 0.29) is 66.4 Å². The summed E-state index contributed by atoms with van der Waals surface area (Å²) in [7, 11) is -5.10. The van der Waals surface area contributed by atoms with E-state index in [1.165, 1.54) is 15.6 Å². The average Bonchev–Trinajstić information content (AvgIpc) is 3.32. The summed E-state index contributed by atoms with van der Waals surface area (Å²) in [6.07, 6.45) is 3.90. The van der Waals surface area contributed by atoms with Crippen molar-refractivity contribution in [2.75, 3.05) is 26.2 Å². The molecule has 1 N–H and O–H groups in total. The SMILES string of the molecule is CC(C)(C)OC(=O)N1CCC(NC(=O)c2ccn(C3=CC4CN(C3)C(=O)N4OS(=O)(=O)[O-])n2)CC1.[Na+]. The summed E-state index contributed by atoms with van der Waals surface area (Å²) in [6, 6.07) is -0.134.